The summed E-state index contributed by atoms with van der Waals surface area (Å²) in [4.78, 5) is -0.131. The van der Waals surface area contributed by atoms with Gasteiger partial charge in [0.2, 0.25) is 0 Å². The van der Waals surface area contributed by atoms with Gasteiger partial charge in [-0.25, -0.2) is 16.8 Å². The number of sulfonamides is 2. The van der Waals surface area contributed by atoms with Gasteiger partial charge in [0.1, 0.15) is 0 Å². The van der Waals surface area contributed by atoms with E-state index in [0.29, 0.717) is 5.75 Å². The predicted molar refractivity (Wildman–Crippen MR) is 124 cm³/mol. The molecule has 3 aromatic rings. The molecule has 0 aliphatic carbocycles. The van der Waals surface area contributed by atoms with Crippen molar-refractivity contribution in [3.8, 4) is 11.5 Å². The molecule has 3 rings (SSSR count). The Hall–Kier alpha value is -2.66. The Morgan fingerprint density at radius 1 is 0.625 bits per heavy atom. The van der Waals surface area contributed by atoms with Gasteiger partial charge in [-0.1, -0.05) is 23.2 Å². The van der Waals surface area contributed by atoms with Crippen LogP contribution in [0.3, 0.4) is 0 Å². The molecule has 8 nitrogen and oxygen atoms in total. The van der Waals surface area contributed by atoms with E-state index in [2.05, 4.69) is 9.44 Å². The van der Waals surface area contributed by atoms with Gasteiger partial charge in [-0.3, -0.25) is 9.44 Å². The number of nitrogens with one attached hydrogen (secondary N) is 2. The average molecular weight is 517 g/mol. The molecular formula is C20H18Cl2N2O6S2. The summed E-state index contributed by atoms with van der Waals surface area (Å²) in [7, 11) is -5.07. The molecule has 3 aromatic carbocycles. The molecule has 0 saturated carbocycles. The third-order valence-electron chi connectivity index (χ3n) is 4.20. The maximum Gasteiger partial charge on any atom is 0.262 e. The lowest BCUT2D eigenvalue weighted by molar-refractivity contribution is 0.354. The molecular weight excluding hydrogens is 499 g/mol. The van der Waals surface area contributed by atoms with Gasteiger partial charge in [-0.2, -0.15) is 0 Å². The van der Waals surface area contributed by atoms with Gasteiger partial charge in [-0.05, 0) is 54.6 Å². The molecule has 0 aromatic heterocycles. The second kappa shape index (κ2) is 9.45. The molecule has 0 unspecified atom stereocenters. The van der Waals surface area contributed by atoms with Crippen LogP contribution in [0.25, 0.3) is 0 Å². The zero-order valence-electron chi connectivity index (χ0n) is 16.8. The summed E-state index contributed by atoms with van der Waals surface area (Å²) in [6, 6.07) is 13.6. The van der Waals surface area contributed by atoms with E-state index in [1.807, 2.05) is 0 Å². The lowest BCUT2D eigenvalue weighted by Crippen LogP contribution is -2.15. The minimum Gasteiger partial charge on any atom is -0.493 e. The van der Waals surface area contributed by atoms with Crippen LogP contribution >= 0.6 is 23.2 Å². The molecule has 0 bridgehead atoms. The molecule has 0 saturated heterocycles. The number of halogens is 2. The van der Waals surface area contributed by atoms with Crippen molar-refractivity contribution in [1.82, 2.24) is 0 Å². The summed E-state index contributed by atoms with van der Waals surface area (Å²) >= 11 is 11.8. The lowest BCUT2D eigenvalue weighted by atomic mass is 10.3. The topological polar surface area (TPSA) is 111 Å². The maximum atomic E-state index is 12.7. The van der Waals surface area contributed by atoms with Gasteiger partial charge in [0.05, 0.1) is 29.7 Å². The largest absolute Gasteiger partial charge is 0.493 e. The van der Waals surface area contributed by atoms with Gasteiger partial charge in [0.15, 0.2) is 11.5 Å². The Kier molecular flexibility index (Phi) is 7.09. The summed E-state index contributed by atoms with van der Waals surface area (Å²) in [6.45, 7) is 0. The number of ether oxygens (including phenoxy) is 2. The van der Waals surface area contributed by atoms with Gasteiger partial charge in [0, 0.05) is 21.8 Å². The Morgan fingerprint density at radius 2 is 1.12 bits per heavy atom. The van der Waals surface area contributed by atoms with Crippen molar-refractivity contribution in [3.05, 3.63) is 70.7 Å². The zero-order valence-corrected chi connectivity index (χ0v) is 19.9. The first-order valence-electron chi connectivity index (χ1n) is 8.88. The van der Waals surface area contributed by atoms with Crippen LogP contribution in [-0.2, 0) is 20.0 Å². The normalized spacial score (nSPS) is 11.6. The van der Waals surface area contributed by atoms with E-state index in [1.165, 1.54) is 74.9 Å². The summed E-state index contributed by atoms with van der Waals surface area (Å²) in [5.41, 5.74) is 0.366. The summed E-state index contributed by atoms with van der Waals surface area (Å²) in [5, 5.41) is 0.547. The quantitative estimate of drug-likeness (QED) is 0.452. The highest BCUT2D eigenvalue weighted by Crippen LogP contribution is 2.30. The van der Waals surface area contributed by atoms with Gasteiger partial charge in [-0.15, -0.1) is 0 Å². The van der Waals surface area contributed by atoms with E-state index < -0.39 is 20.0 Å². The average Bonchev–Trinajstić information content (AvgIpc) is 2.72. The molecule has 0 aliphatic rings. The molecule has 0 aliphatic heterocycles. The van der Waals surface area contributed by atoms with E-state index in [-0.39, 0.29) is 37.0 Å². The van der Waals surface area contributed by atoms with Gasteiger partial charge >= 0.3 is 0 Å². The summed E-state index contributed by atoms with van der Waals surface area (Å²) in [6.07, 6.45) is 0. The fourth-order valence-electron chi connectivity index (χ4n) is 2.73. The highest BCUT2D eigenvalue weighted by atomic mass is 35.5. The molecule has 0 heterocycles. The first-order valence-corrected chi connectivity index (χ1v) is 12.6. The van der Waals surface area contributed by atoms with Crippen LogP contribution in [0.4, 0.5) is 11.4 Å². The highest BCUT2D eigenvalue weighted by molar-refractivity contribution is 7.93. The van der Waals surface area contributed by atoms with Crippen molar-refractivity contribution >= 4 is 54.6 Å². The van der Waals surface area contributed by atoms with Gasteiger partial charge < -0.3 is 9.47 Å². The molecule has 2 N–H and O–H groups in total. The van der Waals surface area contributed by atoms with Crippen molar-refractivity contribution in [3.63, 3.8) is 0 Å². The maximum absolute atomic E-state index is 12.7. The number of methoxy groups -OCH3 is 2. The monoisotopic (exact) mass is 516 g/mol. The van der Waals surface area contributed by atoms with Gasteiger partial charge in [0.25, 0.3) is 20.0 Å². The van der Waals surface area contributed by atoms with E-state index in [0.717, 1.165) is 0 Å². The summed E-state index contributed by atoms with van der Waals surface area (Å²) < 4.78 is 65.6. The zero-order chi connectivity index (χ0) is 23.5. The third-order valence-corrected chi connectivity index (χ3v) is 7.41. The molecule has 0 fully saturated rings. The number of hydrogen-bond acceptors (Lipinski definition) is 6. The number of benzene rings is 3. The van der Waals surface area contributed by atoms with Crippen LogP contribution in [0.2, 0.25) is 10.0 Å². The first-order chi connectivity index (χ1) is 15.0. The minimum absolute atomic E-state index is 0.0497. The Morgan fingerprint density at radius 3 is 1.69 bits per heavy atom. The van der Waals surface area contributed by atoms with Crippen molar-refractivity contribution in [2.75, 3.05) is 23.7 Å². The van der Waals surface area contributed by atoms with Crippen LogP contribution in [-0.4, -0.2) is 31.1 Å². The van der Waals surface area contributed by atoms with Crippen molar-refractivity contribution in [1.29, 1.82) is 0 Å². The number of hydrogen-bond donors (Lipinski definition) is 2. The van der Waals surface area contributed by atoms with E-state index >= 15 is 0 Å². The molecule has 0 radical (unpaired) electrons. The molecule has 32 heavy (non-hydrogen) atoms. The molecule has 170 valence electrons. The third kappa shape index (κ3) is 5.57. The SMILES string of the molecule is COc1ccc(S(=O)(=O)Nc2ccc(S(=O)(=O)Nc3cc(Cl)cc(Cl)c3)cc2)cc1OC. The van der Waals surface area contributed by atoms with Crippen LogP contribution < -0.4 is 18.9 Å². The standard InChI is InChI=1S/C20H18Cl2N2O6S2/c1-29-19-8-7-18(12-20(19)30-2)32(27,28)23-15-3-5-17(6-4-15)31(25,26)24-16-10-13(21)9-14(22)11-16/h3-12,23-24H,1-2H3. The van der Waals surface area contributed by atoms with Crippen LogP contribution in [0.1, 0.15) is 0 Å². The lowest BCUT2D eigenvalue weighted by Gasteiger charge is -2.12. The predicted octanol–water partition coefficient (Wildman–Crippen LogP) is 4.61. The second-order valence-electron chi connectivity index (χ2n) is 6.41. The van der Waals surface area contributed by atoms with Crippen LogP contribution in [0.5, 0.6) is 11.5 Å². The van der Waals surface area contributed by atoms with Crippen molar-refractivity contribution in [2.24, 2.45) is 0 Å². The Bertz CT molecular complexity index is 1320. The van der Waals surface area contributed by atoms with E-state index in [9.17, 15) is 16.8 Å². The van der Waals surface area contributed by atoms with Crippen molar-refractivity contribution in [2.45, 2.75) is 9.79 Å². The van der Waals surface area contributed by atoms with E-state index in [4.69, 9.17) is 32.7 Å². The molecule has 0 atom stereocenters. The number of anilines is 2. The molecule has 0 amide bonds. The first kappa shape index (κ1) is 24.0. The minimum atomic E-state index is -3.96. The highest BCUT2D eigenvalue weighted by Gasteiger charge is 2.19. The smallest absolute Gasteiger partial charge is 0.262 e. The Labute approximate surface area is 196 Å². The number of rotatable bonds is 8. The fourth-order valence-corrected chi connectivity index (χ4v) is 5.37. The molecule has 0 spiro atoms. The summed E-state index contributed by atoms with van der Waals surface area (Å²) in [5.74, 6) is 0.638. The van der Waals surface area contributed by atoms with Crippen LogP contribution in [0.15, 0.2) is 70.5 Å². The van der Waals surface area contributed by atoms with Crippen LogP contribution in [0, 0.1) is 0 Å². The van der Waals surface area contributed by atoms with Crippen molar-refractivity contribution < 1.29 is 26.3 Å². The second-order valence-corrected chi connectivity index (χ2v) is 10.6. The molecule has 12 heteroatoms. The fraction of sp³-hybridized carbons (Fsp3) is 0.100. The van der Waals surface area contributed by atoms with E-state index in [1.54, 1.807) is 0 Å². The Balaban J connectivity index is 1.80.